The smallest absolute Gasteiger partial charge is 0.338 e. The lowest BCUT2D eigenvalue weighted by Gasteiger charge is -2.08. The average molecular weight is 356 g/mol. The summed E-state index contributed by atoms with van der Waals surface area (Å²) in [7, 11) is 0. The molecule has 2 heterocycles. The highest BCUT2D eigenvalue weighted by Gasteiger charge is 2.11. The Morgan fingerprint density at radius 1 is 1.28 bits per heavy atom. The topological polar surface area (TPSA) is 61.2 Å². The zero-order chi connectivity index (χ0) is 17.8. The number of benzene rings is 1. The van der Waals surface area contributed by atoms with Gasteiger partial charge in [-0.05, 0) is 36.6 Å². The zero-order valence-corrected chi connectivity index (χ0v) is 15.1. The fourth-order valence-electron chi connectivity index (χ4n) is 2.57. The molecule has 0 unspecified atom stereocenters. The van der Waals surface area contributed by atoms with E-state index < -0.39 is 0 Å². The van der Waals surface area contributed by atoms with E-state index >= 15 is 0 Å². The Kier molecular flexibility index (Phi) is 5.28. The maximum absolute atomic E-state index is 12.7. The minimum atomic E-state index is -0.338. The van der Waals surface area contributed by atoms with Crippen molar-refractivity contribution in [2.75, 3.05) is 6.61 Å². The van der Waals surface area contributed by atoms with Crippen molar-refractivity contribution < 1.29 is 9.53 Å². The lowest BCUT2D eigenvalue weighted by molar-refractivity contribution is 0.0505. The summed E-state index contributed by atoms with van der Waals surface area (Å²) >= 11 is 1.55. The molecule has 5 nitrogen and oxygen atoms in total. The molecule has 0 bridgehead atoms. The maximum Gasteiger partial charge on any atom is 0.338 e. The molecule has 0 aliphatic rings. The molecule has 0 saturated heterocycles. The van der Waals surface area contributed by atoms with Crippen molar-refractivity contribution in [1.29, 1.82) is 0 Å². The van der Waals surface area contributed by atoms with Gasteiger partial charge < -0.3 is 4.74 Å². The molecule has 0 aliphatic carbocycles. The number of rotatable bonds is 6. The molecule has 6 heteroatoms. The number of carbonyl (C=O) groups is 1. The van der Waals surface area contributed by atoms with Crippen molar-refractivity contribution in [3.05, 3.63) is 63.0 Å². The number of thiophene rings is 1. The van der Waals surface area contributed by atoms with E-state index in [1.165, 1.54) is 0 Å². The molecule has 0 N–H and O–H groups in total. The Hall–Kier alpha value is -2.47. The van der Waals surface area contributed by atoms with Crippen LogP contribution in [0.2, 0.25) is 0 Å². The van der Waals surface area contributed by atoms with Crippen LogP contribution in [0.25, 0.3) is 10.2 Å². The van der Waals surface area contributed by atoms with Gasteiger partial charge in [0.25, 0.3) is 5.56 Å². The van der Waals surface area contributed by atoms with Crippen LogP contribution >= 0.6 is 11.3 Å². The van der Waals surface area contributed by atoms with E-state index in [-0.39, 0.29) is 11.5 Å². The fraction of sp³-hybridized carbons (Fsp3) is 0.316. The van der Waals surface area contributed by atoms with E-state index in [0.717, 1.165) is 28.1 Å². The first-order valence-corrected chi connectivity index (χ1v) is 9.18. The summed E-state index contributed by atoms with van der Waals surface area (Å²) in [5, 5.41) is 0.655. The van der Waals surface area contributed by atoms with Gasteiger partial charge in [0.15, 0.2) is 0 Å². The summed E-state index contributed by atoms with van der Waals surface area (Å²) in [6.07, 6.45) is 3.25. The molecule has 0 spiro atoms. The molecule has 0 fully saturated rings. The standard InChI is InChI=1S/C19H20N2O3S/c1-3-8-24-19(23)14-7-5-6-13(9-14)11-21-12-20-17-16(18(21)22)10-15(4-2)25-17/h5-7,9-10,12H,3-4,8,11H2,1-2H3. The van der Waals surface area contributed by atoms with Crippen molar-refractivity contribution in [2.45, 2.75) is 33.2 Å². The molecule has 25 heavy (non-hydrogen) atoms. The van der Waals surface area contributed by atoms with Gasteiger partial charge in [-0.1, -0.05) is 26.0 Å². The number of carbonyl (C=O) groups excluding carboxylic acids is 1. The normalized spacial score (nSPS) is 11.0. The van der Waals surface area contributed by atoms with Crippen LogP contribution in [-0.2, 0) is 17.7 Å². The average Bonchev–Trinajstić information content (AvgIpc) is 3.06. The number of esters is 1. The highest BCUT2D eigenvalue weighted by atomic mass is 32.1. The van der Waals surface area contributed by atoms with Crippen molar-refractivity contribution in [3.8, 4) is 0 Å². The molecule has 0 atom stereocenters. The van der Waals surface area contributed by atoms with Gasteiger partial charge in [0.1, 0.15) is 4.83 Å². The molecule has 0 saturated carbocycles. The Balaban J connectivity index is 1.87. The van der Waals surface area contributed by atoms with Crippen LogP contribution in [0.15, 0.2) is 41.5 Å². The number of fused-ring (bicyclic) bond motifs is 1. The third kappa shape index (κ3) is 3.79. The molecule has 3 rings (SSSR count). The lowest BCUT2D eigenvalue weighted by Crippen LogP contribution is -2.20. The summed E-state index contributed by atoms with van der Waals surface area (Å²) in [4.78, 5) is 31.0. The van der Waals surface area contributed by atoms with Gasteiger partial charge in [-0.2, -0.15) is 0 Å². The molecule has 0 radical (unpaired) electrons. The minimum absolute atomic E-state index is 0.0556. The van der Waals surface area contributed by atoms with E-state index in [4.69, 9.17) is 4.74 Å². The highest BCUT2D eigenvalue weighted by Crippen LogP contribution is 2.21. The van der Waals surface area contributed by atoms with Gasteiger partial charge in [-0.15, -0.1) is 11.3 Å². The van der Waals surface area contributed by atoms with E-state index in [2.05, 4.69) is 11.9 Å². The predicted molar refractivity (Wildman–Crippen MR) is 99.4 cm³/mol. The van der Waals surface area contributed by atoms with Gasteiger partial charge in [0, 0.05) is 4.88 Å². The van der Waals surface area contributed by atoms with E-state index in [1.807, 2.05) is 19.1 Å². The third-order valence-electron chi connectivity index (χ3n) is 3.87. The SMILES string of the molecule is CCCOC(=O)c1cccc(Cn2cnc3sc(CC)cc3c2=O)c1. The Morgan fingerprint density at radius 3 is 2.88 bits per heavy atom. The third-order valence-corrected chi connectivity index (χ3v) is 5.06. The van der Waals surface area contributed by atoms with Crippen molar-refractivity contribution in [2.24, 2.45) is 0 Å². The van der Waals surface area contributed by atoms with Crippen LogP contribution in [0.1, 0.15) is 41.1 Å². The summed E-state index contributed by atoms with van der Waals surface area (Å²) in [6, 6.07) is 9.09. The van der Waals surface area contributed by atoms with E-state index in [9.17, 15) is 9.59 Å². The van der Waals surface area contributed by atoms with Crippen molar-refractivity contribution >= 4 is 27.5 Å². The first-order chi connectivity index (χ1) is 12.1. The predicted octanol–water partition coefficient (Wildman–Crippen LogP) is 3.64. The van der Waals surface area contributed by atoms with Gasteiger partial charge >= 0.3 is 5.97 Å². The molecular weight excluding hydrogens is 336 g/mol. The maximum atomic E-state index is 12.7. The van der Waals surface area contributed by atoms with Crippen molar-refractivity contribution in [3.63, 3.8) is 0 Å². The summed E-state index contributed by atoms with van der Waals surface area (Å²) < 4.78 is 6.73. The Morgan fingerprint density at radius 2 is 2.12 bits per heavy atom. The lowest BCUT2D eigenvalue weighted by atomic mass is 10.1. The number of aryl methyl sites for hydroxylation is 1. The summed E-state index contributed by atoms with van der Waals surface area (Å²) in [6.45, 7) is 4.79. The second kappa shape index (κ2) is 7.61. The largest absolute Gasteiger partial charge is 0.462 e. The van der Waals surface area contributed by atoms with Crippen molar-refractivity contribution in [1.82, 2.24) is 9.55 Å². The van der Waals surface area contributed by atoms with Crippen LogP contribution in [0.3, 0.4) is 0 Å². The second-order valence-electron chi connectivity index (χ2n) is 5.80. The van der Waals surface area contributed by atoms with Crippen LogP contribution in [-0.4, -0.2) is 22.1 Å². The fourth-order valence-corrected chi connectivity index (χ4v) is 3.49. The molecular formula is C19H20N2O3S. The Bertz CT molecular complexity index is 959. The van der Waals surface area contributed by atoms with Crippen LogP contribution in [0, 0.1) is 0 Å². The molecule has 130 valence electrons. The number of hydrogen-bond acceptors (Lipinski definition) is 5. The van der Waals surface area contributed by atoms with E-state index in [1.54, 1.807) is 40.4 Å². The summed E-state index contributed by atoms with van der Waals surface area (Å²) in [5.41, 5.74) is 1.30. The molecule has 2 aromatic heterocycles. The van der Waals surface area contributed by atoms with Gasteiger partial charge in [-0.3, -0.25) is 9.36 Å². The van der Waals surface area contributed by atoms with Crippen LogP contribution in [0.5, 0.6) is 0 Å². The molecule has 3 aromatic rings. The Labute approximate surface area is 149 Å². The van der Waals surface area contributed by atoms with Gasteiger partial charge in [-0.25, -0.2) is 9.78 Å². The monoisotopic (exact) mass is 356 g/mol. The van der Waals surface area contributed by atoms with Crippen LogP contribution < -0.4 is 5.56 Å². The van der Waals surface area contributed by atoms with Gasteiger partial charge in [0.2, 0.25) is 0 Å². The second-order valence-corrected chi connectivity index (χ2v) is 6.91. The van der Waals surface area contributed by atoms with E-state index in [0.29, 0.717) is 24.1 Å². The molecule has 0 aliphatic heterocycles. The van der Waals surface area contributed by atoms with Crippen LogP contribution in [0.4, 0.5) is 0 Å². The quantitative estimate of drug-likeness (QED) is 0.633. The summed E-state index contributed by atoms with van der Waals surface area (Å²) in [5.74, 6) is -0.338. The zero-order valence-electron chi connectivity index (χ0n) is 14.3. The minimum Gasteiger partial charge on any atom is -0.462 e. The number of aromatic nitrogens is 2. The highest BCUT2D eigenvalue weighted by molar-refractivity contribution is 7.18. The first-order valence-electron chi connectivity index (χ1n) is 8.36. The number of nitrogens with zero attached hydrogens (tertiary/aromatic N) is 2. The van der Waals surface area contributed by atoms with Gasteiger partial charge in [0.05, 0.1) is 30.4 Å². The molecule has 1 aromatic carbocycles. The number of hydrogen-bond donors (Lipinski definition) is 0. The molecule has 0 amide bonds. The number of ether oxygens (including phenoxy) is 1. The first kappa shape index (κ1) is 17.4.